The summed E-state index contributed by atoms with van der Waals surface area (Å²) in [6.45, 7) is 0. The molecule has 0 spiro atoms. The Balaban J connectivity index is 2.18. The minimum atomic E-state index is -1.08. The predicted molar refractivity (Wildman–Crippen MR) is 80.9 cm³/mol. The summed E-state index contributed by atoms with van der Waals surface area (Å²) in [4.78, 5) is 11.3. The first kappa shape index (κ1) is 13.1. The molecular formula is C18H13O3+. The topological polar surface area (TPSA) is 48.6 Å². The molecule has 3 nitrogen and oxygen atoms in total. The Morgan fingerprint density at radius 3 is 1.90 bits per heavy atom. The highest BCUT2D eigenvalue weighted by Crippen LogP contribution is 2.28. The van der Waals surface area contributed by atoms with Crippen LogP contribution in [-0.4, -0.2) is 11.1 Å². The van der Waals surface area contributed by atoms with Gasteiger partial charge in [-0.25, -0.2) is 4.79 Å². The van der Waals surface area contributed by atoms with Crippen molar-refractivity contribution in [1.29, 1.82) is 0 Å². The highest BCUT2D eigenvalue weighted by atomic mass is 16.4. The number of carboxylic acids is 1. The van der Waals surface area contributed by atoms with Gasteiger partial charge in [0.1, 0.15) is 0 Å². The van der Waals surface area contributed by atoms with Crippen LogP contribution < -0.4 is 0 Å². The number of carboxylic acid groups (broad SMARTS) is 1. The fourth-order valence-electron chi connectivity index (χ4n) is 2.15. The molecule has 0 saturated heterocycles. The van der Waals surface area contributed by atoms with Gasteiger partial charge in [-0.1, -0.05) is 48.5 Å². The maximum atomic E-state index is 11.3. The molecule has 0 aliphatic carbocycles. The van der Waals surface area contributed by atoms with Gasteiger partial charge in [-0.2, -0.15) is 4.42 Å². The first-order chi connectivity index (χ1) is 10.2. The molecule has 0 atom stereocenters. The predicted octanol–water partition coefficient (Wildman–Crippen LogP) is 4.59. The minimum absolute atomic E-state index is 0.0739. The van der Waals surface area contributed by atoms with Gasteiger partial charge >= 0.3 is 17.5 Å². The fraction of sp³-hybridized carbons (Fsp3) is 0. The molecule has 0 amide bonds. The Hall–Kier alpha value is -2.94. The van der Waals surface area contributed by atoms with Crippen LogP contribution in [0.2, 0.25) is 0 Å². The van der Waals surface area contributed by atoms with Crippen LogP contribution in [0.15, 0.2) is 77.2 Å². The molecule has 0 saturated carbocycles. The summed E-state index contributed by atoms with van der Waals surface area (Å²) < 4.78 is 5.49. The van der Waals surface area contributed by atoms with E-state index >= 15 is 0 Å². The maximum Gasteiger partial charge on any atom is 0.437 e. The number of hydrogen-bond donors (Lipinski definition) is 1. The van der Waals surface area contributed by atoms with E-state index in [9.17, 15) is 9.90 Å². The lowest BCUT2D eigenvalue weighted by Gasteiger charge is -2.00. The Morgan fingerprint density at radius 1 is 0.762 bits per heavy atom. The molecule has 0 fully saturated rings. The van der Waals surface area contributed by atoms with E-state index in [1.54, 1.807) is 6.07 Å². The summed E-state index contributed by atoms with van der Waals surface area (Å²) in [5.41, 5.74) is 2.61. The molecule has 1 aromatic heterocycles. The Kier molecular flexibility index (Phi) is 3.48. The molecule has 21 heavy (non-hydrogen) atoms. The van der Waals surface area contributed by atoms with Gasteiger partial charge in [0.25, 0.3) is 0 Å². The van der Waals surface area contributed by atoms with E-state index in [0.717, 1.165) is 16.7 Å². The second kappa shape index (κ2) is 5.59. The molecule has 3 rings (SSSR count). The van der Waals surface area contributed by atoms with Crippen molar-refractivity contribution in [2.75, 3.05) is 0 Å². The van der Waals surface area contributed by atoms with Crippen molar-refractivity contribution in [2.24, 2.45) is 0 Å². The zero-order chi connectivity index (χ0) is 14.7. The average molecular weight is 277 g/mol. The first-order valence-corrected chi connectivity index (χ1v) is 6.56. The molecule has 102 valence electrons. The molecule has 2 aromatic carbocycles. The van der Waals surface area contributed by atoms with Gasteiger partial charge < -0.3 is 5.11 Å². The third-order valence-corrected chi connectivity index (χ3v) is 3.17. The van der Waals surface area contributed by atoms with E-state index in [1.807, 2.05) is 66.7 Å². The summed E-state index contributed by atoms with van der Waals surface area (Å²) >= 11 is 0. The highest BCUT2D eigenvalue weighted by Gasteiger charge is 2.24. The average Bonchev–Trinajstić information content (AvgIpc) is 2.56. The zero-order valence-electron chi connectivity index (χ0n) is 11.2. The van der Waals surface area contributed by atoms with Gasteiger partial charge in [0.05, 0.1) is 17.7 Å². The summed E-state index contributed by atoms with van der Waals surface area (Å²) in [5.74, 6) is -0.616. The first-order valence-electron chi connectivity index (χ1n) is 6.56. The number of rotatable bonds is 3. The summed E-state index contributed by atoms with van der Waals surface area (Å²) in [5, 5.41) is 9.23. The second-order valence-electron chi connectivity index (χ2n) is 4.61. The monoisotopic (exact) mass is 277 g/mol. The quantitative estimate of drug-likeness (QED) is 0.712. The zero-order valence-corrected chi connectivity index (χ0v) is 11.2. The van der Waals surface area contributed by atoms with E-state index in [4.69, 9.17) is 4.42 Å². The smallest absolute Gasteiger partial charge is 0.437 e. The van der Waals surface area contributed by atoms with Crippen LogP contribution in [0.5, 0.6) is 0 Å². The Labute approximate surface area is 122 Å². The molecule has 3 heteroatoms. The van der Waals surface area contributed by atoms with Crippen molar-refractivity contribution in [1.82, 2.24) is 0 Å². The van der Waals surface area contributed by atoms with Crippen LogP contribution in [-0.2, 0) is 0 Å². The van der Waals surface area contributed by atoms with E-state index < -0.39 is 5.97 Å². The van der Waals surface area contributed by atoms with E-state index in [0.29, 0.717) is 5.76 Å². The van der Waals surface area contributed by atoms with Crippen LogP contribution in [0.25, 0.3) is 22.5 Å². The van der Waals surface area contributed by atoms with Gasteiger partial charge in [-0.15, -0.1) is 0 Å². The fourth-order valence-corrected chi connectivity index (χ4v) is 2.15. The van der Waals surface area contributed by atoms with Crippen LogP contribution in [0.3, 0.4) is 0 Å². The maximum absolute atomic E-state index is 11.3. The Bertz CT molecular complexity index is 707. The number of benzene rings is 2. The lowest BCUT2D eigenvalue weighted by atomic mass is 10.0. The highest BCUT2D eigenvalue weighted by molar-refractivity contribution is 5.87. The molecule has 0 bridgehead atoms. The molecule has 3 aromatic rings. The second-order valence-corrected chi connectivity index (χ2v) is 4.61. The molecule has 1 N–H and O–H groups in total. The summed E-state index contributed by atoms with van der Waals surface area (Å²) in [6.07, 6.45) is 0. The van der Waals surface area contributed by atoms with Crippen LogP contribution in [0.4, 0.5) is 0 Å². The lowest BCUT2D eigenvalue weighted by molar-refractivity contribution is 0.0661. The summed E-state index contributed by atoms with van der Waals surface area (Å²) in [7, 11) is 0. The van der Waals surface area contributed by atoms with Crippen molar-refractivity contribution in [2.45, 2.75) is 0 Å². The molecule has 1 heterocycles. The Morgan fingerprint density at radius 2 is 1.33 bits per heavy atom. The van der Waals surface area contributed by atoms with E-state index in [2.05, 4.69) is 0 Å². The van der Waals surface area contributed by atoms with Gasteiger partial charge in [0.15, 0.2) is 0 Å². The molecule has 0 aliphatic rings. The molecule has 0 radical (unpaired) electrons. The van der Waals surface area contributed by atoms with Crippen molar-refractivity contribution in [3.8, 4) is 22.5 Å². The van der Waals surface area contributed by atoms with Gasteiger partial charge in [0, 0.05) is 5.56 Å². The van der Waals surface area contributed by atoms with Crippen LogP contribution >= 0.6 is 0 Å². The minimum Gasteiger partial charge on any atom is -0.471 e. The third-order valence-electron chi connectivity index (χ3n) is 3.17. The summed E-state index contributed by atoms with van der Waals surface area (Å²) in [6, 6.07) is 22.5. The van der Waals surface area contributed by atoms with Crippen LogP contribution in [0.1, 0.15) is 10.6 Å². The third kappa shape index (κ3) is 2.82. The van der Waals surface area contributed by atoms with E-state index in [-0.39, 0.29) is 5.76 Å². The van der Waals surface area contributed by atoms with Crippen molar-refractivity contribution < 1.29 is 14.3 Å². The largest absolute Gasteiger partial charge is 0.471 e. The van der Waals surface area contributed by atoms with Gasteiger partial charge in [0.2, 0.25) is 0 Å². The molecular weight excluding hydrogens is 264 g/mol. The standard InChI is InChI=1S/C18H12O3/c19-18(20)17-12-15(13-7-3-1-4-8-13)11-16(21-17)14-9-5-2-6-10-14/h1-12H/p+1. The lowest BCUT2D eigenvalue weighted by Crippen LogP contribution is -1.97. The van der Waals surface area contributed by atoms with Gasteiger partial charge in [-0.05, 0) is 17.7 Å². The van der Waals surface area contributed by atoms with Crippen molar-refractivity contribution in [3.05, 3.63) is 78.6 Å². The number of aromatic carboxylic acids is 1. The molecule has 0 unspecified atom stereocenters. The number of carbonyl (C=O) groups is 1. The SMILES string of the molecule is O=C(O)c1cc(-c2ccccc2)cc(-c2ccccc2)[o+]1. The van der Waals surface area contributed by atoms with E-state index in [1.165, 1.54) is 0 Å². The van der Waals surface area contributed by atoms with Crippen molar-refractivity contribution >= 4 is 5.97 Å². The van der Waals surface area contributed by atoms with Crippen LogP contribution in [0, 0.1) is 0 Å². The van der Waals surface area contributed by atoms with Gasteiger partial charge in [-0.3, -0.25) is 0 Å². The van der Waals surface area contributed by atoms with Crippen molar-refractivity contribution in [3.63, 3.8) is 0 Å². The normalized spacial score (nSPS) is 10.3. The number of hydrogen-bond acceptors (Lipinski definition) is 1. The molecule has 0 aliphatic heterocycles.